The van der Waals surface area contributed by atoms with E-state index in [2.05, 4.69) is 20.9 Å². The fourth-order valence-corrected chi connectivity index (χ4v) is 2.47. The molecule has 0 aliphatic rings. The second-order valence-electron chi connectivity index (χ2n) is 4.19. The zero-order valence-electron chi connectivity index (χ0n) is 10.6. The summed E-state index contributed by atoms with van der Waals surface area (Å²) in [6.45, 7) is 1.50. The molecule has 0 heterocycles. The molecule has 102 valence electrons. The van der Waals surface area contributed by atoms with Crippen molar-refractivity contribution < 1.29 is 9.90 Å². The minimum atomic E-state index is -0.0182. The number of halogens is 2. The number of nitrogens with zero attached hydrogens (tertiary/aromatic N) is 1. The van der Waals surface area contributed by atoms with Crippen molar-refractivity contribution in [3.05, 3.63) is 57.0 Å². The number of benzene rings is 2. The predicted molar refractivity (Wildman–Crippen MR) is 84.5 cm³/mol. The highest BCUT2D eigenvalue weighted by molar-refractivity contribution is 9.10. The molecule has 0 atom stereocenters. The molecular weight excluding hydrogens is 342 g/mol. The third-order valence-corrected chi connectivity index (χ3v) is 3.49. The van der Waals surface area contributed by atoms with Gasteiger partial charge in [0, 0.05) is 22.4 Å². The van der Waals surface area contributed by atoms with Crippen LogP contribution in [-0.4, -0.2) is 17.1 Å². The number of hydrogen-bond acceptors (Lipinski definition) is 3. The number of carbonyl (C=O) groups excluding carboxylic acids is 1. The molecule has 0 saturated carbocycles. The largest absolute Gasteiger partial charge is 0.506 e. The highest BCUT2D eigenvalue weighted by atomic mass is 79.9. The summed E-state index contributed by atoms with van der Waals surface area (Å²) in [6.07, 6.45) is 1.51. The molecular formula is C15H11BrClNO2. The van der Waals surface area contributed by atoms with E-state index in [0.717, 1.165) is 0 Å². The Balaban J connectivity index is 2.34. The molecule has 0 spiro atoms. The van der Waals surface area contributed by atoms with Gasteiger partial charge in [-0.05, 0) is 47.1 Å². The van der Waals surface area contributed by atoms with Crippen LogP contribution in [0.25, 0.3) is 0 Å². The van der Waals surface area contributed by atoms with Gasteiger partial charge in [-0.25, -0.2) is 0 Å². The Hall–Kier alpha value is -1.65. The molecule has 0 bridgehead atoms. The average Bonchev–Trinajstić information content (AvgIpc) is 2.41. The van der Waals surface area contributed by atoms with E-state index in [1.54, 1.807) is 36.4 Å². The second-order valence-corrected chi connectivity index (χ2v) is 5.48. The van der Waals surface area contributed by atoms with Crippen LogP contribution in [0.5, 0.6) is 5.75 Å². The maximum Gasteiger partial charge on any atom is 0.159 e. The van der Waals surface area contributed by atoms with Crippen molar-refractivity contribution in [3.8, 4) is 5.75 Å². The van der Waals surface area contributed by atoms with E-state index in [1.807, 2.05) is 0 Å². The highest BCUT2D eigenvalue weighted by Crippen LogP contribution is 2.30. The molecule has 2 aromatic carbocycles. The summed E-state index contributed by atoms with van der Waals surface area (Å²) in [5.74, 6) is 0.0521. The third-order valence-electron chi connectivity index (χ3n) is 2.66. The van der Waals surface area contributed by atoms with Crippen LogP contribution in [0, 0.1) is 0 Å². The maximum atomic E-state index is 11.3. The van der Waals surface area contributed by atoms with Crippen LogP contribution in [0.3, 0.4) is 0 Å². The van der Waals surface area contributed by atoms with Crippen LogP contribution in [-0.2, 0) is 0 Å². The van der Waals surface area contributed by atoms with Gasteiger partial charge in [-0.3, -0.25) is 9.79 Å². The third kappa shape index (κ3) is 3.46. The number of aliphatic imine (C=N–C) groups is 1. The van der Waals surface area contributed by atoms with Gasteiger partial charge < -0.3 is 5.11 Å². The van der Waals surface area contributed by atoms with Gasteiger partial charge in [-0.2, -0.15) is 0 Å². The lowest BCUT2D eigenvalue weighted by Gasteiger charge is -2.03. The number of hydrogen-bond donors (Lipinski definition) is 1. The lowest BCUT2D eigenvalue weighted by Crippen LogP contribution is -1.90. The molecule has 0 saturated heterocycles. The number of aromatic hydroxyl groups is 1. The monoisotopic (exact) mass is 351 g/mol. The Morgan fingerprint density at radius 1 is 1.35 bits per heavy atom. The van der Waals surface area contributed by atoms with Gasteiger partial charge in [-0.1, -0.05) is 23.7 Å². The maximum absolute atomic E-state index is 11.3. The van der Waals surface area contributed by atoms with Gasteiger partial charge in [0.25, 0.3) is 0 Å². The summed E-state index contributed by atoms with van der Waals surface area (Å²) < 4.78 is 0.504. The number of phenols is 1. The smallest absolute Gasteiger partial charge is 0.159 e. The van der Waals surface area contributed by atoms with E-state index >= 15 is 0 Å². The first-order chi connectivity index (χ1) is 9.47. The number of carbonyl (C=O) groups is 1. The van der Waals surface area contributed by atoms with Crippen molar-refractivity contribution >= 4 is 45.2 Å². The van der Waals surface area contributed by atoms with Crippen LogP contribution < -0.4 is 0 Å². The molecule has 0 aliphatic heterocycles. The van der Waals surface area contributed by atoms with E-state index in [0.29, 0.717) is 26.3 Å². The van der Waals surface area contributed by atoms with Gasteiger partial charge in [-0.15, -0.1) is 0 Å². The summed E-state index contributed by atoms with van der Waals surface area (Å²) in [5.41, 5.74) is 1.72. The van der Waals surface area contributed by atoms with Gasteiger partial charge in [0.2, 0.25) is 0 Å². The van der Waals surface area contributed by atoms with E-state index in [4.69, 9.17) is 11.6 Å². The molecule has 0 unspecified atom stereocenters. The molecule has 0 amide bonds. The highest BCUT2D eigenvalue weighted by Gasteiger charge is 2.05. The Morgan fingerprint density at radius 2 is 2.10 bits per heavy atom. The average molecular weight is 353 g/mol. The number of Topliss-reactive ketones (excluding diaryl/α,β-unsaturated/α-hetero) is 1. The van der Waals surface area contributed by atoms with Gasteiger partial charge in [0.1, 0.15) is 5.75 Å². The molecule has 0 fully saturated rings. The van der Waals surface area contributed by atoms with Crippen molar-refractivity contribution in [1.82, 2.24) is 0 Å². The lowest BCUT2D eigenvalue weighted by atomic mass is 10.1. The molecule has 3 nitrogen and oxygen atoms in total. The van der Waals surface area contributed by atoms with Crippen molar-refractivity contribution in [2.24, 2.45) is 4.99 Å². The Labute approximate surface area is 130 Å². The number of phenolic OH excluding ortho intramolecular Hbond substituents is 1. The summed E-state index contributed by atoms with van der Waals surface area (Å²) in [4.78, 5) is 15.5. The molecule has 0 aromatic heterocycles. The van der Waals surface area contributed by atoms with Crippen LogP contribution >= 0.6 is 27.5 Å². The molecule has 0 aliphatic carbocycles. The molecule has 5 heteroatoms. The summed E-state index contributed by atoms with van der Waals surface area (Å²) >= 11 is 9.14. The first kappa shape index (κ1) is 14.8. The normalized spacial score (nSPS) is 10.9. The van der Waals surface area contributed by atoms with Crippen molar-refractivity contribution in [2.45, 2.75) is 6.92 Å². The van der Waals surface area contributed by atoms with E-state index in [9.17, 15) is 9.90 Å². The Morgan fingerprint density at radius 3 is 2.80 bits per heavy atom. The molecule has 1 N–H and O–H groups in total. The number of rotatable bonds is 3. The summed E-state index contributed by atoms with van der Waals surface area (Å²) in [7, 11) is 0. The van der Waals surface area contributed by atoms with Crippen LogP contribution in [0.1, 0.15) is 22.8 Å². The fraction of sp³-hybridized carbons (Fsp3) is 0.0667. The van der Waals surface area contributed by atoms with E-state index in [1.165, 1.54) is 13.1 Å². The van der Waals surface area contributed by atoms with Gasteiger partial charge in [0.15, 0.2) is 5.78 Å². The SMILES string of the molecule is CC(=O)c1cccc(N=Cc2cc(Cl)cc(Br)c2O)c1. The minimum Gasteiger partial charge on any atom is -0.506 e. The van der Waals surface area contributed by atoms with Crippen molar-refractivity contribution in [2.75, 3.05) is 0 Å². The standard InChI is InChI=1S/C15H11BrClNO2/c1-9(19)10-3-2-4-13(6-10)18-8-11-5-12(17)7-14(16)15(11)20/h2-8,20H,1H3. The van der Waals surface area contributed by atoms with E-state index < -0.39 is 0 Å². The van der Waals surface area contributed by atoms with E-state index in [-0.39, 0.29) is 11.5 Å². The summed E-state index contributed by atoms with van der Waals surface area (Å²) in [6, 6.07) is 10.2. The van der Waals surface area contributed by atoms with Crippen molar-refractivity contribution in [1.29, 1.82) is 0 Å². The van der Waals surface area contributed by atoms with Crippen LogP contribution in [0.15, 0.2) is 45.9 Å². The first-order valence-electron chi connectivity index (χ1n) is 5.80. The Kier molecular flexibility index (Phi) is 4.57. The molecule has 2 aromatic rings. The Bertz CT molecular complexity index is 698. The molecule has 2 rings (SSSR count). The molecule has 20 heavy (non-hydrogen) atoms. The lowest BCUT2D eigenvalue weighted by molar-refractivity contribution is 0.101. The van der Waals surface area contributed by atoms with Crippen LogP contribution in [0.2, 0.25) is 5.02 Å². The predicted octanol–water partition coefficient (Wildman–Crippen LogP) is 4.76. The zero-order chi connectivity index (χ0) is 14.7. The van der Waals surface area contributed by atoms with Gasteiger partial charge >= 0.3 is 0 Å². The quantitative estimate of drug-likeness (QED) is 0.639. The molecule has 0 radical (unpaired) electrons. The van der Waals surface area contributed by atoms with Crippen LogP contribution in [0.4, 0.5) is 5.69 Å². The van der Waals surface area contributed by atoms with Gasteiger partial charge in [0.05, 0.1) is 10.2 Å². The first-order valence-corrected chi connectivity index (χ1v) is 6.97. The second kappa shape index (κ2) is 6.20. The van der Waals surface area contributed by atoms with Crippen molar-refractivity contribution in [3.63, 3.8) is 0 Å². The zero-order valence-corrected chi connectivity index (χ0v) is 12.9. The summed E-state index contributed by atoms with van der Waals surface area (Å²) in [5, 5.41) is 10.4. The fourth-order valence-electron chi connectivity index (χ4n) is 1.63. The minimum absolute atomic E-state index is 0.0182. The topological polar surface area (TPSA) is 49.7 Å². The number of ketones is 1.